The highest BCUT2D eigenvalue weighted by Crippen LogP contribution is 2.11. The van der Waals surface area contributed by atoms with E-state index < -0.39 is 0 Å². The molecule has 0 amide bonds. The highest BCUT2D eigenvalue weighted by molar-refractivity contribution is 5.24. The van der Waals surface area contributed by atoms with Crippen molar-refractivity contribution in [2.75, 3.05) is 0 Å². The third kappa shape index (κ3) is 3.67. The third-order valence-corrected chi connectivity index (χ3v) is 3.39. The van der Waals surface area contributed by atoms with Crippen molar-refractivity contribution >= 4 is 0 Å². The monoisotopic (exact) mass is 268 g/mol. The molecule has 0 unspecified atom stereocenters. The van der Waals surface area contributed by atoms with Gasteiger partial charge < -0.3 is 0 Å². The molecule has 0 fully saturated rings. The highest BCUT2D eigenvalue weighted by Gasteiger charge is 2.11. The molecule has 0 bridgehead atoms. The van der Waals surface area contributed by atoms with Gasteiger partial charge in [-0.25, -0.2) is 4.68 Å². The standard InChI is InChI=1S/C16H20N4/c1-2-3-11-16-15(13-17)18-19-20(16)12-7-10-14-8-5-4-6-9-14/h4-6,8-9H,2-3,7,10-12H2,1H3. The van der Waals surface area contributed by atoms with Crippen molar-refractivity contribution in [1.82, 2.24) is 15.0 Å². The molecule has 0 aliphatic heterocycles. The fourth-order valence-electron chi connectivity index (χ4n) is 2.27. The summed E-state index contributed by atoms with van der Waals surface area (Å²) < 4.78 is 1.90. The van der Waals surface area contributed by atoms with Gasteiger partial charge in [-0.3, -0.25) is 0 Å². The van der Waals surface area contributed by atoms with Crippen molar-refractivity contribution in [3.8, 4) is 6.07 Å². The third-order valence-electron chi connectivity index (χ3n) is 3.39. The lowest BCUT2D eigenvalue weighted by Gasteiger charge is -2.06. The number of rotatable bonds is 7. The van der Waals surface area contributed by atoms with Crippen molar-refractivity contribution in [2.24, 2.45) is 0 Å². The average molecular weight is 268 g/mol. The Morgan fingerprint density at radius 2 is 1.95 bits per heavy atom. The van der Waals surface area contributed by atoms with Gasteiger partial charge in [-0.05, 0) is 31.2 Å². The first-order chi connectivity index (χ1) is 9.85. The summed E-state index contributed by atoms with van der Waals surface area (Å²) in [6.07, 6.45) is 5.10. The van der Waals surface area contributed by atoms with Gasteiger partial charge in [0.2, 0.25) is 0 Å². The Hall–Kier alpha value is -2.15. The normalized spacial score (nSPS) is 10.4. The van der Waals surface area contributed by atoms with E-state index in [-0.39, 0.29) is 0 Å². The fraction of sp³-hybridized carbons (Fsp3) is 0.438. The van der Waals surface area contributed by atoms with Crippen LogP contribution >= 0.6 is 0 Å². The molecule has 0 N–H and O–H groups in total. The number of benzene rings is 1. The quantitative estimate of drug-likeness (QED) is 0.775. The molecule has 0 atom stereocenters. The SMILES string of the molecule is CCCCc1c(C#N)nnn1CCCc1ccccc1. The van der Waals surface area contributed by atoms with E-state index in [9.17, 15) is 0 Å². The zero-order valence-electron chi connectivity index (χ0n) is 11.9. The maximum Gasteiger partial charge on any atom is 0.185 e. The topological polar surface area (TPSA) is 54.5 Å². The van der Waals surface area contributed by atoms with E-state index in [0.717, 1.165) is 44.3 Å². The second-order valence-electron chi connectivity index (χ2n) is 4.91. The molecule has 0 saturated heterocycles. The molecule has 0 aliphatic rings. The van der Waals surface area contributed by atoms with Crippen LogP contribution < -0.4 is 0 Å². The average Bonchev–Trinajstić information content (AvgIpc) is 2.88. The number of nitrogens with zero attached hydrogens (tertiary/aromatic N) is 4. The summed E-state index contributed by atoms with van der Waals surface area (Å²) in [5, 5.41) is 17.1. The maximum absolute atomic E-state index is 9.07. The molecule has 104 valence electrons. The Morgan fingerprint density at radius 1 is 1.15 bits per heavy atom. The van der Waals surface area contributed by atoms with Gasteiger partial charge in [0.25, 0.3) is 0 Å². The number of hydrogen-bond donors (Lipinski definition) is 0. The molecule has 20 heavy (non-hydrogen) atoms. The molecule has 0 aliphatic carbocycles. The summed E-state index contributed by atoms with van der Waals surface area (Å²) >= 11 is 0. The predicted octanol–water partition coefficient (Wildman–Crippen LogP) is 3.13. The second kappa shape index (κ2) is 7.44. The van der Waals surface area contributed by atoms with Crippen LogP contribution in [0.25, 0.3) is 0 Å². The minimum Gasteiger partial charge on any atom is -0.248 e. The minimum atomic E-state index is 0.484. The van der Waals surface area contributed by atoms with E-state index in [1.165, 1.54) is 5.56 Å². The van der Waals surface area contributed by atoms with Crippen LogP contribution in [0.5, 0.6) is 0 Å². The van der Waals surface area contributed by atoms with Crippen LogP contribution in [0.4, 0.5) is 0 Å². The zero-order valence-corrected chi connectivity index (χ0v) is 11.9. The number of aromatic nitrogens is 3. The van der Waals surface area contributed by atoms with Crippen LogP contribution in [0.3, 0.4) is 0 Å². The smallest absolute Gasteiger partial charge is 0.185 e. The second-order valence-corrected chi connectivity index (χ2v) is 4.91. The lowest BCUT2D eigenvalue weighted by atomic mass is 10.1. The molecule has 1 aromatic carbocycles. The zero-order chi connectivity index (χ0) is 14.2. The first-order valence-electron chi connectivity index (χ1n) is 7.21. The summed E-state index contributed by atoms with van der Waals surface area (Å²) in [6.45, 7) is 2.97. The van der Waals surface area contributed by atoms with Gasteiger partial charge in [0.1, 0.15) is 6.07 Å². The predicted molar refractivity (Wildman–Crippen MR) is 78.1 cm³/mol. The molecule has 1 heterocycles. The fourth-order valence-corrected chi connectivity index (χ4v) is 2.27. The van der Waals surface area contributed by atoms with E-state index in [2.05, 4.69) is 47.6 Å². The number of nitriles is 1. The van der Waals surface area contributed by atoms with E-state index in [4.69, 9.17) is 5.26 Å². The van der Waals surface area contributed by atoms with Crippen molar-refractivity contribution < 1.29 is 0 Å². The van der Waals surface area contributed by atoms with E-state index >= 15 is 0 Å². The van der Waals surface area contributed by atoms with Crippen LogP contribution in [-0.2, 0) is 19.4 Å². The Balaban J connectivity index is 1.95. The van der Waals surface area contributed by atoms with Crippen molar-refractivity contribution in [1.29, 1.82) is 5.26 Å². The highest BCUT2D eigenvalue weighted by atomic mass is 15.4. The van der Waals surface area contributed by atoms with Crippen LogP contribution in [0.15, 0.2) is 30.3 Å². The lowest BCUT2D eigenvalue weighted by Crippen LogP contribution is -2.07. The van der Waals surface area contributed by atoms with Crippen molar-refractivity contribution in [3.05, 3.63) is 47.3 Å². The molecule has 4 nitrogen and oxygen atoms in total. The molecule has 1 aromatic heterocycles. The van der Waals surface area contributed by atoms with Gasteiger partial charge in [0.15, 0.2) is 5.69 Å². The van der Waals surface area contributed by atoms with Gasteiger partial charge in [-0.2, -0.15) is 5.26 Å². The summed E-state index contributed by atoms with van der Waals surface area (Å²) in [4.78, 5) is 0. The van der Waals surface area contributed by atoms with Gasteiger partial charge >= 0.3 is 0 Å². The number of aryl methyl sites for hydroxylation is 2. The van der Waals surface area contributed by atoms with Crippen LogP contribution in [0.2, 0.25) is 0 Å². The number of unbranched alkanes of at least 4 members (excludes halogenated alkanes) is 1. The van der Waals surface area contributed by atoms with E-state index in [1.54, 1.807) is 0 Å². The summed E-state index contributed by atoms with van der Waals surface area (Å²) in [5.41, 5.74) is 2.81. The maximum atomic E-state index is 9.07. The Bertz CT molecular complexity index is 566. The molecule has 0 spiro atoms. The Morgan fingerprint density at radius 3 is 2.65 bits per heavy atom. The van der Waals surface area contributed by atoms with Crippen LogP contribution in [0.1, 0.15) is 43.1 Å². The molecular formula is C16H20N4. The largest absolute Gasteiger partial charge is 0.248 e. The van der Waals surface area contributed by atoms with Gasteiger partial charge in [-0.15, -0.1) is 5.10 Å². The molecule has 2 aromatic rings. The van der Waals surface area contributed by atoms with Crippen molar-refractivity contribution in [3.63, 3.8) is 0 Å². The van der Waals surface area contributed by atoms with Crippen LogP contribution in [0, 0.1) is 11.3 Å². The first kappa shape index (κ1) is 14.3. The van der Waals surface area contributed by atoms with E-state index in [1.807, 2.05) is 10.7 Å². The Kier molecular flexibility index (Phi) is 5.31. The van der Waals surface area contributed by atoms with Gasteiger partial charge in [0, 0.05) is 6.54 Å². The van der Waals surface area contributed by atoms with Gasteiger partial charge in [0.05, 0.1) is 5.69 Å². The van der Waals surface area contributed by atoms with Crippen LogP contribution in [-0.4, -0.2) is 15.0 Å². The Labute approximate surface area is 120 Å². The first-order valence-corrected chi connectivity index (χ1v) is 7.21. The molecular weight excluding hydrogens is 248 g/mol. The van der Waals surface area contributed by atoms with Gasteiger partial charge in [-0.1, -0.05) is 48.9 Å². The number of hydrogen-bond acceptors (Lipinski definition) is 3. The summed E-state index contributed by atoms with van der Waals surface area (Å²) in [6, 6.07) is 12.6. The molecule has 4 heteroatoms. The lowest BCUT2D eigenvalue weighted by molar-refractivity contribution is 0.532. The molecule has 0 saturated carbocycles. The van der Waals surface area contributed by atoms with Crippen molar-refractivity contribution in [2.45, 2.75) is 45.6 Å². The molecule has 2 rings (SSSR count). The minimum absolute atomic E-state index is 0.484. The summed E-state index contributed by atoms with van der Waals surface area (Å²) in [7, 11) is 0. The molecule has 0 radical (unpaired) electrons. The van der Waals surface area contributed by atoms with E-state index in [0.29, 0.717) is 5.69 Å². The summed E-state index contributed by atoms with van der Waals surface area (Å²) in [5.74, 6) is 0.